The smallest absolute Gasteiger partial charge is 0.311 e. The predicted octanol–water partition coefficient (Wildman–Crippen LogP) is 5.92. The van der Waals surface area contributed by atoms with Crippen LogP contribution in [0, 0.1) is 0 Å². The summed E-state index contributed by atoms with van der Waals surface area (Å²) in [4.78, 5) is 19.6. The number of aromatic hydroxyl groups is 1. The standard InChI is InChI=1S/C28H26N4O3S/c1-31(2)21-12-10-20(11-13-21)23-17-22(19-7-5-4-6-8-19)30-32(23)27-26(36-28(34)29-27)16-18-9-14-24(33)25(15-18)35-3/h4-16,23,33H,17H2,1-3H3/b26-16-. The van der Waals surface area contributed by atoms with Gasteiger partial charge in [-0.05, 0) is 58.8 Å². The van der Waals surface area contributed by atoms with E-state index in [-0.39, 0.29) is 17.0 Å². The van der Waals surface area contributed by atoms with Crippen molar-refractivity contribution in [1.82, 2.24) is 5.01 Å². The van der Waals surface area contributed by atoms with Crippen molar-refractivity contribution in [3.63, 3.8) is 0 Å². The Hall–Kier alpha value is -4.04. The van der Waals surface area contributed by atoms with Crippen molar-refractivity contribution in [3.05, 3.63) is 94.4 Å². The van der Waals surface area contributed by atoms with Crippen molar-refractivity contribution < 1.29 is 14.6 Å². The first-order valence-corrected chi connectivity index (χ1v) is 12.3. The number of aliphatic imine (C=N–C) groups is 1. The summed E-state index contributed by atoms with van der Waals surface area (Å²) < 4.78 is 5.24. The van der Waals surface area contributed by atoms with Gasteiger partial charge in [0.2, 0.25) is 0 Å². The fourth-order valence-corrected chi connectivity index (χ4v) is 5.01. The molecule has 1 amide bonds. The van der Waals surface area contributed by atoms with Gasteiger partial charge in [0, 0.05) is 26.2 Å². The zero-order chi connectivity index (χ0) is 25.2. The van der Waals surface area contributed by atoms with Gasteiger partial charge < -0.3 is 14.7 Å². The molecule has 1 N–H and O–H groups in total. The van der Waals surface area contributed by atoms with Crippen molar-refractivity contribution >= 4 is 40.3 Å². The van der Waals surface area contributed by atoms with Crippen LogP contribution in [0.2, 0.25) is 0 Å². The van der Waals surface area contributed by atoms with Crippen LogP contribution < -0.4 is 9.64 Å². The molecular weight excluding hydrogens is 472 g/mol. The molecule has 1 unspecified atom stereocenters. The molecule has 0 saturated heterocycles. The quantitative estimate of drug-likeness (QED) is 0.470. The maximum absolute atomic E-state index is 12.5. The minimum absolute atomic E-state index is 0.0570. The van der Waals surface area contributed by atoms with Crippen molar-refractivity contribution in [2.45, 2.75) is 12.5 Å². The first-order valence-electron chi connectivity index (χ1n) is 11.5. The largest absolute Gasteiger partial charge is 0.504 e. The second kappa shape index (κ2) is 9.91. The van der Waals surface area contributed by atoms with Crippen LogP contribution in [0.15, 0.2) is 87.8 Å². The summed E-state index contributed by atoms with van der Waals surface area (Å²) in [6, 6.07) is 23.4. The van der Waals surface area contributed by atoms with E-state index in [2.05, 4.69) is 34.2 Å². The maximum atomic E-state index is 12.5. The highest BCUT2D eigenvalue weighted by molar-refractivity contribution is 8.18. The van der Waals surface area contributed by atoms with Gasteiger partial charge in [0.15, 0.2) is 17.3 Å². The highest BCUT2D eigenvalue weighted by Crippen LogP contribution is 2.40. The highest BCUT2D eigenvalue weighted by Gasteiger charge is 2.36. The van der Waals surface area contributed by atoms with Gasteiger partial charge in [-0.15, -0.1) is 0 Å². The summed E-state index contributed by atoms with van der Waals surface area (Å²) >= 11 is 1.07. The zero-order valence-electron chi connectivity index (χ0n) is 20.3. The molecule has 0 fully saturated rings. The van der Waals surface area contributed by atoms with E-state index in [1.807, 2.05) is 55.5 Å². The van der Waals surface area contributed by atoms with Crippen molar-refractivity contribution in [2.24, 2.45) is 10.1 Å². The number of phenolic OH excluding ortho intramolecular Hbond substituents is 1. The van der Waals surface area contributed by atoms with Gasteiger partial charge in [0.25, 0.3) is 0 Å². The lowest BCUT2D eigenvalue weighted by atomic mass is 9.98. The average Bonchev–Trinajstić information content (AvgIpc) is 3.49. The van der Waals surface area contributed by atoms with Crippen LogP contribution in [0.25, 0.3) is 6.08 Å². The van der Waals surface area contributed by atoms with E-state index in [9.17, 15) is 9.90 Å². The van der Waals surface area contributed by atoms with Gasteiger partial charge in [0.1, 0.15) is 0 Å². The van der Waals surface area contributed by atoms with Gasteiger partial charge >= 0.3 is 5.24 Å². The van der Waals surface area contributed by atoms with E-state index in [1.54, 1.807) is 18.2 Å². The second-order valence-electron chi connectivity index (χ2n) is 8.71. The van der Waals surface area contributed by atoms with Crippen LogP contribution in [-0.2, 0) is 0 Å². The molecule has 182 valence electrons. The van der Waals surface area contributed by atoms with Crippen LogP contribution in [-0.4, -0.2) is 48.1 Å². The number of phenols is 1. The van der Waals surface area contributed by atoms with Crippen LogP contribution in [0.5, 0.6) is 11.5 Å². The Balaban J connectivity index is 1.55. The Morgan fingerprint density at radius 1 is 1.08 bits per heavy atom. The molecule has 7 nitrogen and oxygen atoms in total. The summed E-state index contributed by atoms with van der Waals surface area (Å²) in [5.74, 6) is 0.938. The summed E-state index contributed by atoms with van der Waals surface area (Å²) in [6.45, 7) is 0. The summed E-state index contributed by atoms with van der Waals surface area (Å²) in [5.41, 5.74) is 4.97. The number of hydrogen-bond acceptors (Lipinski definition) is 7. The number of rotatable bonds is 5. The van der Waals surface area contributed by atoms with E-state index >= 15 is 0 Å². The Bertz CT molecular complexity index is 1380. The van der Waals surface area contributed by atoms with E-state index in [1.165, 1.54) is 7.11 Å². The predicted molar refractivity (Wildman–Crippen MR) is 146 cm³/mol. The summed E-state index contributed by atoms with van der Waals surface area (Å²) in [7, 11) is 5.53. The number of nitrogens with zero attached hydrogens (tertiary/aromatic N) is 4. The zero-order valence-corrected chi connectivity index (χ0v) is 21.1. The van der Waals surface area contributed by atoms with E-state index in [0.29, 0.717) is 22.9 Å². The third-order valence-corrected chi connectivity index (χ3v) is 6.93. The molecule has 3 aromatic carbocycles. The first kappa shape index (κ1) is 23.7. The summed E-state index contributed by atoms with van der Waals surface area (Å²) in [6.07, 6.45) is 2.56. The summed E-state index contributed by atoms with van der Waals surface area (Å²) in [5, 5.41) is 16.5. The number of benzene rings is 3. The molecule has 0 bridgehead atoms. The number of amides is 1. The first-order chi connectivity index (χ1) is 17.4. The van der Waals surface area contributed by atoms with Gasteiger partial charge in [-0.1, -0.05) is 48.5 Å². The SMILES string of the molecule is COc1cc(/C=C2\SC(=O)N=C2N2N=C(c3ccccc3)CC2c2ccc(N(C)C)cc2)ccc1O. The Morgan fingerprint density at radius 2 is 1.83 bits per heavy atom. The Kier molecular flexibility index (Phi) is 6.52. The fourth-order valence-electron chi connectivity index (χ4n) is 4.26. The van der Waals surface area contributed by atoms with E-state index < -0.39 is 0 Å². The van der Waals surface area contributed by atoms with Gasteiger partial charge in [-0.2, -0.15) is 10.1 Å². The van der Waals surface area contributed by atoms with Gasteiger partial charge in [-0.25, -0.2) is 5.01 Å². The second-order valence-corrected chi connectivity index (χ2v) is 9.70. The molecule has 2 aliphatic heterocycles. The lowest BCUT2D eigenvalue weighted by molar-refractivity contribution is 0.267. The normalized spacial score (nSPS) is 18.4. The number of amidine groups is 1. The molecule has 8 heteroatoms. The molecule has 5 rings (SSSR count). The molecule has 3 aromatic rings. The van der Waals surface area contributed by atoms with E-state index in [4.69, 9.17) is 9.84 Å². The van der Waals surface area contributed by atoms with Crippen LogP contribution in [0.1, 0.15) is 29.2 Å². The Morgan fingerprint density at radius 3 is 2.53 bits per heavy atom. The number of hydrogen-bond donors (Lipinski definition) is 1. The van der Waals surface area contributed by atoms with Crippen LogP contribution in [0.4, 0.5) is 10.5 Å². The van der Waals surface area contributed by atoms with Gasteiger partial charge in [-0.3, -0.25) is 4.79 Å². The molecule has 0 radical (unpaired) electrons. The topological polar surface area (TPSA) is 77.7 Å². The molecule has 0 aromatic heterocycles. The molecule has 2 heterocycles. The minimum Gasteiger partial charge on any atom is -0.504 e. The lowest BCUT2D eigenvalue weighted by Crippen LogP contribution is -2.26. The number of anilines is 1. The molecule has 2 aliphatic rings. The van der Waals surface area contributed by atoms with Crippen LogP contribution >= 0.6 is 11.8 Å². The lowest BCUT2D eigenvalue weighted by Gasteiger charge is -2.24. The molecule has 0 spiro atoms. The van der Waals surface area contributed by atoms with Crippen molar-refractivity contribution in [3.8, 4) is 11.5 Å². The van der Waals surface area contributed by atoms with Crippen LogP contribution in [0.3, 0.4) is 0 Å². The number of carbonyl (C=O) groups is 1. The van der Waals surface area contributed by atoms with Gasteiger partial charge in [0.05, 0.1) is 23.8 Å². The van der Waals surface area contributed by atoms with Crippen molar-refractivity contribution in [1.29, 1.82) is 0 Å². The number of hydrazone groups is 1. The number of ether oxygens (including phenoxy) is 1. The minimum atomic E-state index is -0.285. The van der Waals surface area contributed by atoms with E-state index in [0.717, 1.165) is 39.9 Å². The third-order valence-electron chi connectivity index (χ3n) is 6.15. The maximum Gasteiger partial charge on any atom is 0.311 e. The number of carbonyl (C=O) groups excluding carboxylic acids is 1. The molecule has 0 aliphatic carbocycles. The van der Waals surface area contributed by atoms with Crippen molar-refractivity contribution in [2.75, 3.05) is 26.1 Å². The highest BCUT2D eigenvalue weighted by atomic mass is 32.2. The monoisotopic (exact) mass is 498 g/mol. The number of methoxy groups -OCH3 is 1. The molecule has 0 saturated carbocycles. The Labute approximate surface area is 214 Å². The molecule has 36 heavy (non-hydrogen) atoms. The molecular formula is C28H26N4O3S. The third kappa shape index (κ3) is 4.72. The fraction of sp³-hybridized carbons (Fsp3) is 0.179. The molecule has 1 atom stereocenters. The average molecular weight is 499 g/mol. The number of thioether (sulfide) groups is 1.